The lowest BCUT2D eigenvalue weighted by Gasteiger charge is -2.29. The Kier molecular flexibility index (Phi) is 2.93. The van der Waals surface area contributed by atoms with E-state index in [1.54, 1.807) is 6.07 Å². The van der Waals surface area contributed by atoms with Crippen LogP contribution in [0.25, 0.3) is 0 Å². The second kappa shape index (κ2) is 4.63. The Morgan fingerprint density at radius 3 is 2.80 bits per heavy atom. The molecule has 0 saturated carbocycles. The number of hydrogen-bond acceptors (Lipinski definition) is 4. The van der Waals surface area contributed by atoms with Gasteiger partial charge >= 0.3 is 0 Å². The fourth-order valence-electron chi connectivity index (χ4n) is 2.75. The van der Waals surface area contributed by atoms with Crippen molar-refractivity contribution in [2.24, 2.45) is 0 Å². The standard InChI is InChI=1S/C14H14N2O4/c1-20-10-4-2-3-8-7-16(14(19)12(8)10)9-5-6-11(17)15-13(9)18/h2-4,9H,5-7H2,1H3,(H,15,17,18)/t9-/m1/s1. The molecule has 0 spiro atoms. The van der Waals surface area contributed by atoms with Gasteiger partial charge in [-0.15, -0.1) is 0 Å². The summed E-state index contributed by atoms with van der Waals surface area (Å²) in [6, 6.07) is 4.81. The quantitative estimate of drug-likeness (QED) is 0.795. The van der Waals surface area contributed by atoms with Crippen LogP contribution in [0.4, 0.5) is 0 Å². The summed E-state index contributed by atoms with van der Waals surface area (Å²) >= 11 is 0. The number of piperidine rings is 1. The molecule has 0 aliphatic carbocycles. The van der Waals surface area contributed by atoms with E-state index in [2.05, 4.69) is 5.32 Å². The van der Waals surface area contributed by atoms with Gasteiger partial charge in [0.15, 0.2) is 0 Å². The molecule has 0 unspecified atom stereocenters. The molecule has 104 valence electrons. The molecule has 6 nitrogen and oxygen atoms in total. The van der Waals surface area contributed by atoms with E-state index in [1.165, 1.54) is 12.0 Å². The van der Waals surface area contributed by atoms with Crippen LogP contribution in [0, 0.1) is 0 Å². The molecule has 2 heterocycles. The number of benzene rings is 1. The zero-order chi connectivity index (χ0) is 14.3. The van der Waals surface area contributed by atoms with Crippen LogP contribution in [-0.4, -0.2) is 35.8 Å². The van der Waals surface area contributed by atoms with Crippen LogP contribution in [0.15, 0.2) is 18.2 Å². The molecule has 2 aliphatic heterocycles. The van der Waals surface area contributed by atoms with Gasteiger partial charge in [-0.05, 0) is 18.1 Å². The fraction of sp³-hybridized carbons (Fsp3) is 0.357. The Hall–Kier alpha value is -2.37. The van der Waals surface area contributed by atoms with Crippen molar-refractivity contribution in [2.75, 3.05) is 7.11 Å². The van der Waals surface area contributed by atoms with E-state index in [0.29, 0.717) is 24.3 Å². The number of nitrogens with zero attached hydrogens (tertiary/aromatic N) is 1. The SMILES string of the molecule is COc1cccc2c1C(=O)N([C@@H]1CCC(=O)NC1=O)C2. The molecule has 0 radical (unpaired) electrons. The topological polar surface area (TPSA) is 75.7 Å². The summed E-state index contributed by atoms with van der Waals surface area (Å²) in [6.45, 7) is 0.373. The number of carbonyl (C=O) groups excluding carboxylic acids is 3. The van der Waals surface area contributed by atoms with Crippen molar-refractivity contribution in [3.8, 4) is 5.75 Å². The molecule has 20 heavy (non-hydrogen) atoms. The summed E-state index contributed by atoms with van der Waals surface area (Å²) in [6.07, 6.45) is 0.625. The highest BCUT2D eigenvalue weighted by molar-refractivity contribution is 6.06. The summed E-state index contributed by atoms with van der Waals surface area (Å²) in [7, 11) is 1.51. The minimum Gasteiger partial charge on any atom is -0.496 e. The van der Waals surface area contributed by atoms with E-state index < -0.39 is 11.9 Å². The molecule has 6 heteroatoms. The number of hydrogen-bond donors (Lipinski definition) is 1. The molecule has 3 amide bonds. The molecule has 1 saturated heterocycles. The maximum Gasteiger partial charge on any atom is 0.258 e. The van der Waals surface area contributed by atoms with Crippen LogP contribution in [0.3, 0.4) is 0 Å². The predicted octanol–water partition coefficient (Wildman–Crippen LogP) is 0.456. The van der Waals surface area contributed by atoms with Crippen molar-refractivity contribution in [2.45, 2.75) is 25.4 Å². The third-order valence-corrected chi connectivity index (χ3v) is 3.73. The number of amides is 3. The van der Waals surface area contributed by atoms with Gasteiger partial charge in [0.2, 0.25) is 11.8 Å². The predicted molar refractivity (Wildman–Crippen MR) is 69.0 cm³/mol. The van der Waals surface area contributed by atoms with Gasteiger partial charge in [0, 0.05) is 13.0 Å². The molecule has 1 aromatic carbocycles. The number of fused-ring (bicyclic) bond motifs is 1. The van der Waals surface area contributed by atoms with E-state index in [4.69, 9.17) is 4.74 Å². The summed E-state index contributed by atoms with van der Waals surface area (Å²) in [5, 5.41) is 2.28. The van der Waals surface area contributed by atoms with Crippen molar-refractivity contribution < 1.29 is 19.1 Å². The number of ether oxygens (including phenoxy) is 1. The van der Waals surface area contributed by atoms with Crippen molar-refractivity contribution in [3.63, 3.8) is 0 Å². The van der Waals surface area contributed by atoms with Gasteiger partial charge in [-0.2, -0.15) is 0 Å². The van der Waals surface area contributed by atoms with E-state index in [1.807, 2.05) is 12.1 Å². The molecule has 2 aliphatic rings. The fourth-order valence-corrected chi connectivity index (χ4v) is 2.75. The molecule has 1 aromatic rings. The first kappa shape index (κ1) is 12.7. The smallest absolute Gasteiger partial charge is 0.258 e. The normalized spacial score (nSPS) is 21.8. The zero-order valence-electron chi connectivity index (χ0n) is 11.0. The van der Waals surface area contributed by atoms with E-state index in [9.17, 15) is 14.4 Å². The second-order valence-electron chi connectivity index (χ2n) is 4.89. The van der Waals surface area contributed by atoms with Gasteiger partial charge < -0.3 is 9.64 Å². The van der Waals surface area contributed by atoms with Crippen LogP contribution in [0.2, 0.25) is 0 Å². The van der Waals surface area contributed by atoms with Gasteiger partial charge in [0.05, 0.1) is 12.7 Å². The highest BCUT2D eigenvalue weighted by atomic mass is 16.5. The number of nitrogens with one attached hydrogen (secondary N) is 1. The minimum absolute atomic E-state index is 0.216. The van der Waals surface area contributed by atoms with Crippen molar-refractivity contribution in [1.82, 2.24) is 10.2 Å². The first-order valence-electron chi connectivity index (χ1n) is 6.42. The Morgan fingerprint density at radius 1 is 1.30 bits per heavy atom. The Morgan fingerprint density at radius 2 is 2.10 bits per heavy atom. The first-order valence-corrected chi connectivity index (χ1v) is 6.42. The van der Waals surface area contributed by atoms with Gasteiger partial charge in [-0.1, -0.05) is 12.1 Å². The van der Waals surface area contributed by atoms with Gasteiger partial charge in [0.1, 0.15) is 11.8 Å². The molecular formula is C14H14N2O4. The van der Waals surface area contributed by atoms with Crippen molar-refractivity contribution in [3.05, 3.63) is 29.3 Å². The average Bonchev–Trinajstić information content (AvgIpc) is 2.76. The van der Waals surface area contributed by atoms with Crippen LogP contribution in [0.5, 0.6) is 5.75 Å². The summed E-state index contributed by atoms with van der Waals surface area (Å²) in [4.78, 5) is 37.1. The molecule has 3 rings (SSSR count). The van der Waals surface area contributed by atoms with Crippen molar-refractivity contribution in [1.29, 1.82) is 0 Å². The number of imide groups is 1. The number of carbonyl (C=O) groups is 3. The van der Waals surface area contributed by atoms with Gasteiger partial charge in [-0.3, -0.25) is 19.7 Å². The molecule has 1 atom stereocenters. The Labute approximate surface area is 115 Å². The van der Waals surface area contributed by atoms with Crippen molar-refractivity contribution >= 4 is 17.7 Å². The van der Waals surface area contributed by atoms with E-state index >= 15 is 0 Å². The maximum absolute atomic E-state index is 12.5. The molecule has 0 bridgehead atoms. The Bertz CT molecular complexity index is 611. The summed E-state index contributed by atoms with van der Waals surface area (Å²) in [5.41, 5.74) is 1.36. The highest BCUT2D eigenvalue weighted by Gasteiger charge is 2.40. The van der Waals surface area contributed by atoms with Gasteiger partial charge in [-0.25, -0.2) is 0 Å². The molecule has 1 N–H and O–H groups in total. The third kappa shape index (κ3) is 1.84. The maximum atomic E-state index is 12.5. The summed E-state index contributed by atoms with van der Waals surface area (Å²) in [5.74, 6) is -0.386. The summed E-state index contributed by atoms with van der Waals surface area (Å²) < 4.78 is 5.20. The van der Waals surface area contributed by atoms with E-state index in [0.717, 1.165) is 5.56 Å². The minimum atomic E-state index is -0.586. The highest BCUT2D eigenvalue weighted by Crippen LogP contribution is 2.33. The largest absolute Gasteiger partial charge is 0.496 e. The lowest BCUT2D eigenvalue weighted by molar-refractivity contribution is -0.136. The molecule has 1 fully saturated rings. The second-order valence-corrected chi connectivity index (χ2v) is 4.89. The lowest BCUT2D eigenvalue weighted by atomic mass is 10.0. The first-order chi connectivity index (χ1) is 9.61. The monoisotopic (exact) mass is 274 g/mol. The van der Waals surface area contributed by atoms with E-state index in [-0.39, 0.29) is 18.2 Å². The Balaban J connectivity index is 1.90. The molecular weight excluding hydrogens is 260 g/mol. The van der Waals surface area contributed by atoms with Crippen LogP contribution >= 0.6 is 0 Å². The third-order valence-electron chi connectivity index (χ3n) is 3.73. The average molecular weight is 274 g/mol. The van der Waals surface area contributed by atoms with Crippen LogP contribution in [-0.2, 0) is 16.1 Å². The van der Waals surface area contributed by atoms with Crippen LogP contribution in [0.1, 0.15) is 28.8 Å². The lowest BCUT2D eigenvalue weighted by Crippen LogP contribution is -2.52. The molecule has 0 aromatic heterocycles. The van der Waals surface area contributed by atoms with Crippen LogP contribution < -0.4 is 10.1 Å². The number of rotatable bonds is 2. The van der Waals surface area contributed by atoms with Gasteiger partial charge in [0.25, 0.3) is 5.91 Å². The zero-order valence-corrected chi connectivity index (χ0v) is 11.0. The number of methoxy groups -OCH3 is 1.